The molecule has 0 aliphatic rings. The predicted octanol–water partition coefficient (Wildman–Crippen LogP) is 5.73. The Morgan fingerprint density at radius 2 is 1.38 bits per heavy atom. The van der Waals surface area contributed by atoms with E-state index in [-0.39, 0.29) is 22.0 Å². The van der Waals surface area contributed by atoms with Gasteiger partial charge in [0.1, 0.15) is 5.56 Å². The fraction of sp³-hybridized carbons (Fsp3) is 0.118. The summed E-state index contributed by atoms with van der Waals surface area (Å²) in [6, 6.07) is 8.75. The molecule has 0 atom stereocenters. The average Bonchev–Trinajstić information content (AvgIpc) is 2.60. The number of nitro groups is 2. The number of hydrogen-bond acceptors (Lipinski definition) is 5. The molecule has 136 valence electrons. The van der Waals surface area contributed by atoms with Gasteiger partial charge in [-0.1, -0.05) is 54.4 Å². The van der Waals surface area contributed by atoms with Gasteiger partial charge in [0.15, 0.2) is 6.29 Å². The zero-order chi connectivity index (χ0) is 19.7. The highest BCUT2D eigenvalue weighted by molar-refractivity contribution is 6.33. The number of nitrogens with zero attached hydrogens (tertiary/aromatic N) is 2. The highest BCUT2D eigenvalue weighted by Gasteiger charge is 2.15. The van der Waals surface area contributed by atoms with Gasteiger partial charge < -0.3 is 0 Å². The summed E-state index contributed by atoms with van der Waals surface area (Å²) in [5, 5.41) is 21.5. The van der Waals surface area contributed by atoms with Crippen LogP contribution < -0.4 is 0 Å². The maximum Gasteiger partial charge on any atom is 0.281 e. The third kappa shape index (κ3) is 5.65. The van der Waals surface area contributed by atoms with Gasteiger partial charge in [-0.15, -0.1) is 0 Å². The van der Waals surface area contributed by atoms with E-state index in [0.29, 0.717) is 16.9 Å². The monoisotopic (exact) mass is 396 g/mol. The number of aldehydes is 1. The number of allylic oxidation sites excluding steroid dienone is 1. The van der Waals surface area contributed by atoms with E-state index >= 15 is 0 Å². The number of halogens is 2. The number of rotatable bonds is 5. The van der Waals surface area contributed by atoms with Crippen LogP contribution in [0.2, 0.25) is 10.0 Å². The molecule has 9 heteroatoms. The maximum atomic E-state index is 10.7. The van der Waals surface area contributed by atoms with Crippen molar-refractivity contribution in [2.24, 2.45) is 0 Å². The topological polar surface area (TPSA) is 103 Å². The van der Waals surface area contributed by atoms with Crippen LogP contribution >= 0.6 is 23.2 Å². The quantitative estimate of drug-likeness (QED) is 0.364. The van der Waals surface area contributed by atoms with Crippen LogP contribution in [0.1, 0.15) is 29.3 Å². The maximum absolute atomic E-state index is 10.7. The Kier molecular flexibility index (Phi) is 8.41. The highest BCUT2D eigenvalue weighted by atomic mass is 35.5. The Morgan fingerprint density at radius 1 is 0.923 bits per heavy atom. The lowest BCUT2D eigenvalue weighted by atomic mass is 10.1. The van der Waals surface area contributed by atoms with Crippen molar-refractivity contribution in [3.8, 4) is 0 Å². The molecule has 0 fully saturated rings. The van der Waals surface area contributed by atoms with Gasteiger partial charge in [-0.25, -0.2) is 0 Å². The molecule has 2 rings (SSSR count). The first kappa shape index (κ1) is 21.3. The molecular formula is C17H14Cl2N2O5. The molecule has 0 spiro atoms. The van der Waals surface area contributed by atoms with E-state index in [1.807, 2.05) is 13.0 Å². The first-order chi connectivity index (χ1) is 12.3. The van der Waals surface area contributed by atoms with Gasteiger partial charge in [0, 0.05) is 12.1 Å². The van der Waals surface area contributed by atoms with Gasteiger partial charge >= 0.3 is 0 Å². The van der Waals surface area contributed by atoms with Gasteiger partial charge in [-0.2, -0.15) is 0 Å². The van der Waals surface area contributed by atoms with Gasteiger partial charge in [-0.05, 0) is 18.6 Å². The minimum absolute atomic E-state index is 0.0437. The van der Waals surface area contributed by atoms with Crippen molar-refractivity contribution in [1.82, 2.24) is 0 Å². The molecule has 2 aromatic rings. The van der Waals surface area contributed by atoms with Crippen LogP contribution in [0.3, 0.4) is 0 Å². The molecule has 0 bridgehead atoms. The van der Waals surface area contributed by atoms with E-state index in [4.69, 9.17) is 23.2 Å². The zero-order valence-electron chi connectivity index (χ0n) is 13.6. The molecule has 7 nitrogen and oxygen atoms in total. The fourth-order valence-electron chi connectivity index (χ4n) is 1.89. The number of nitro benzene ring substituents is 2. The van der Waals surface area contributed by atoms with E-state index in [1.54, 1.807) is 18.2 Å². The van der Waals surface area contributed by atoms with Gasteiger partial charge in [0.05, 0.1) is 25.5 Å². The van der Waals surface area contributed by atoms with Crippen molar-refractivity contribution in [2.75, 3.05) is 0 Å². The fourth-order valence-corrected chi connectivity index (χ4v) is 2.33. The van der Waals surface area contributed by atoms with Crippen LogP contribution in [0.5, 0.6) is 0 Å². The molecule has 0 saturated heterocycles. The first-order valence-electron chi connectivity index (χ1n) is 7.31. The van der Waals surface area contributed by atoms with Gasteiger partial charge in [0.25, 0.3) is 11.4 Å². The minimum Gasteiger partial charge on any atom is -0.298 e. The van der Waals surface area contributed by atoms with Crippen molar-refractivity contribution in [2.45, 2.75) is 13.3 Å². The molecule has 0 N–H and O–H groups in total. The Hall–Kier alpha value is -2.77. The minimum atomic E-state index is -0.643. The molecule has 0 aliphatic heterocycles. The highest BCUT2D eigenvalue weighted by Crippen LogP contribution is 2.27. The van der Waals surface area contributed by atoms with Crippen molar-refractivity contribution in [3.63, 3.8) is 0 Å². The predicted molar refractivity (Wildman–Crippen MR) is 101 cm³/mol. The summed E-state index contributed by atoms with van der Waals surface area (Å²) in [5.74, 6) is 0. The molecular weight excluding hydrogens is 383 g/mol. The molecule has 0 saturated carbocycles. The zero-order valence-corrected chi connectivity index (χ0v) is 15.1. The smallest absolute Gasteiger partial charge is 0.281 e. The van der Waals surface area contributed by atoms with Crippen molar-refractivity contribution >= 4 is 46.9 Å². The first-order valence-corrected chi connectivity index (χ1v) is 8.06. The summed E-state index contributed by atoms with van der Waals surface area (Å²) >= 11 is 11.4. The second-order valence-electron chi connectivity index (χ2n) is 4.79. The second kappa shape index (κ2) is 10.3. The molecule has 0 heterocycles. The average molecular weight is 397 g/mol. The van der Waals surface area contributed by atoms with Crippen LogP contribution in [-0.2, 0) is 0 Å². The lowest BCUT2D eigenvalue weighted by Gasteiger charge is -1.99. The number of benzene rings is 2. The van der Waals surface area contributed by atoms with Crippen molar-refractivity contribution in [3.05, 3.63) is 83.9 Å². The molecule has 0 aromatic heterocycles. The van der Waals surface area contributed by atoms with Crippen LogP contribution in [-0.4, -0.2) is 16.1 Å². The normalized spacial score (nSPS) is 10.1. The number of carbonyl (C=O) groups excluding carboxylic acids is 1. The Balaban J connectivity index is 0.000000263. The van der Waals surface area contributed by atoms with E-state index < -0.39 is 9.85 Å². The molecule has 0 unspecified atom stereocenters. The largest absolute Gasteiger partial charge is 0.298 e. The Labute approximate surface area is 159 Å². The summed E-state index contributed by atoms with van der Waals surface area (Å²) < 4.78 is 0. The van der Waals surface area contributed by atoms with Crippen LogP contribution in [0, 0.1) is 20.2 Å². The second-order valence-corrected chi connectivity index (χ2v) is 5.60. The summed E-state index contributed by atoms with van der Waals surface area (Å²) in [4.78, 5) is 30.3. The van der Waals surface area contributed by atoms with Crippen LogP contribution in [0.4, 0.5) is 11.4 Å². The molecule has 0 aliphatic carbocycles. The van der Waals surface area contributed by atoms with Gasteiger partial charge in [0.2, 0.25) is 0 Å². The van der Waals surface area contributed by atoms with Crippen LogP contribution in [0.25, 0.3) is 6.08 Å². The third-order valence-electron chi connectivity index (χ3n) is 3.09. The van der Waals surface area contributed by atoms with Crippen molar-refractivity contribution < 1.29 is 14.6 Å². The van der Waals surface area contributed by atoms with Crippen molar-refractivity contribution in [1.29, 1.82) is 0 Å². The van der Waals surface area contributed by atoms with E-state index in [2.05, 4.69) is 0 Å². The van der Waals surface area contributed by atoms with Gasteiger partial charge in [-0.3, -0.25) is 25.0 Å². The standard InChI is InChI=1S/C10H10ClNO2.C7H4ClNO3/c1-2-3-5-8-9(11)6-4-7-10(8)12(13)14;8-6-2-1-3-7(9(11)12)5(6)4-10/h3-7H,2H2,1H3;1-4H. The number of carbonyl (C=O) groups is 1. The SMILES string of the molecule is CCC=Cc1c(Cl)cccc1[N+](=O)[O-].O=Cc1c(Cl)cccc1[N+](=O)[O-]. The van der Waals surface area contributed by atoms with E-state index in [9.17, 15) is 25.0 Å². The van der Waals surface area contributed by atoms with E-state index in [0.717, 1.165) is 6.42 Å². The molecule has 2 aromatic carbocycles. The Morgan fingerprint density at radius 3 is 1.77 bits per heavy atom. The summed E-state index contributed by atoms with van der Waals surface area (Å²) in [6.45, 7) is 1.96. The third-order valence-corrected chi connectivity index (χ3v) is 3.75. The molecule has 26 heavy (non-hydrogen) atoms. The summed E-state index contributed by atoms with van der Waals surface area (Å²) in [6.07, 6.45) is 4.72. The molecule has 0 amide bonds. The lowest BCUT2D eigenvalue weighted by Crippen LogP contribution is -1.94. The number of hydrogen-bond donors (Lipinski definition) is 0. The van der Waals surface area contributed by atoms with E-state index in [1.165, 1.54) is 24.3 Å². The Bertz CT molecular complexity index is 853. The summed E-state index contributed by atoms with van der Waals surface area (Å²) in [7, 11) is 0. The summed E-state index contributed by atoms with van der Waals surface area (Å²) in [5.41, 5.74) is 0.171. The molecule has 0 radical (unpaired) electrons. The van der Waals surface area contributed by atoms with Crippen LogP contribution in [0.15, 0.2) is 42.5 Å². The lowest BCUT2D eigenvalue weighted by molar-refractivity contribution is -0.385.